The van der Waals surface area contributed by atoms with Crippen LogP contribution in [0.25, 0.3) is 11.4 Å². The molecule has 1 saturated heterocycles. The van der Waals surface area contributed by atoms with Crippen LogP contribution in [0.5, 0.6) is 0 Å². The molecule has 1 aromatic carbocycles. The minimum Gasteiger partial charge on any atom is -0.337 e. The highest BCUT2D eigenvalue weighted by molar-refractivity contribution is 7.13. The zero-order chi connectivity index (χ0) is 21.3. The van der Waals surface area contributed by atoms with Crippen LogP contribution in [0.15, 0.2) is 28.1 Å². The van der Waals surface area contributed by atoms with Gasteiger partial charge in [-0.2, -0.15) is 4.98 Å². The molecule has 7 nitrogen and oxygen atoms in total. The third-order valence-electron chi connectivity index (χ3n) is 5.53. The maximum atomic E-state index is 13.8. The van der Waals surface area contributed by atoms with Gasteiger partial charge in [0, 0.05) is 16.9 Å². The lowest BCUT2D eigenvalue weighted by molar-refractivity contribution is -0.121. The number of likely N-dealkylation sites (tertiary alicyclic amines) is 1. The summed E-state index contributed by atoms with van der Waals surface area (Å²) in [5, 5.41) is 9.50. The fourth-order valence-electron chi connectivity index (χ4n) is 3.58. The Labute approximate surface area is 178 Å². The third kappa shape index (κ3) is 4.41. The van der Waals surface area contributed by atoms with E-state index in [1.807, 2.05) is 19.2 Å². The van der Waals surface area contributed by atoms with Crippen molar-refractivity contribution < 1.29 is 13.7 Å². The SMILES string of the molecule is Cc1csc(NC(=O)C2CCN(C(C)c3nc(-c4ccc(C)c(F)c4)no3)CC2)n1. The number of rotatable bonds is 5. The van der Waals surface area contributed by atoms with Crippen molar-refractivity contribution in [1.82, 2.24) is 20.0 Å². The normalized spacial score (nSPS) is 16.5. The first-order valence-electron chi connectivity index (χ1n) is 9.98. The Kier molecular flexibility index (Phi) is 5.92. The van der Waals surface area contributed by atoms with Crippen molar-refractivity contribution in [3.8, 4) is 11.4 Å². The van der Waals surface area contributed by atoms with Crippen molar-refractivity contribution >= 4 is 22.4 Å². The van der Waals surface area contributed by atoms with E-state index in [4.69, 9.17) is 4.52 Å². The number of carbonyl (C=O) groups excluding carboxylic acids is 1. The largest absolute Gasteiger partial charge is 0.337 e. The highest BCUT2D eigenvalue weighted by atomic mass is 32.1. The van der Waals surface area contributed by atoms with E-state index in [2.05, 4.69) is 25.3 Å². The van der Waals surface area contributed by atoms with Gasteiger partial charge in [-0.1, -0.05) is 17.3 Å². The molecular weight excluding hydrogens is 405 g/mol. The molecule has 1 amide bonds. The van der Waals surface area contributed by atoms with E-state index in [9.17, 15) is 9.18 Å². The van der Waals surface area contributed by atoms with Crippen LogP contribution in [0.1, 0.15) is 43.0 Å². The Morgan fingerprint density at radius 1 is 1.30 bits per heavy atom. The van der Waals surface area contributed by atoms with Gasteiger partial charge in [0.2, 0.25) is 17.6 Å². The molecule has 0 aliphatic carbocycles. The second-order valence-corrected chi connectivity index (χ2v) is 8.55. The third-order valence-corrected chi connectivity index (χ3v) is 6.40. The Morgan fingerprint density at radius 3 is 2.73 bits per heavy atom. The van der Waals surface area contributed by atoms with Crippen LogP contribution in [0, 0.1) is 25.6 Å². The number of piperidine rings is 1. The first-order chi connectivity index (χ1) is 14.4. The Balaban J connectivity index is 1.35. The van der Waals surface area contributed by atoms with E-state index in [-0.39, 0.29) is 23.7 Å². The number of amides is 1. The van der Waals surface area contributed by atoms with Crippen LogP contribution in [-0.4, -0.2) is 39.0 Å². The molecule has 1 atom stereocenters. The standard InChI is InChI=1S/C21H24FN5O2S/c1-12-4-5-16(10-17(12)22)18-24-20(29-26-18)14(3)27-8-6-15(7-9-27)19(28)25-21-23-13(2)11-30-21/h4-5,10-11,14-15H,6-9H2,1-3H3,(H,23,25,28). The molecular formula is C21H24FN5O2S. The summed E-state index contributed by atoms with van der Waals surface area (Å²) in [4.78, 5) is 23.5. The molecule has 0 saturated carbocycles. The molecule has 0 spiro atoms. The molecule has 3 heterocycles. The number of benzene rings is 1. The molecule has 1 aliphatic rings. The van der Waals surface area contributed by atoms with Crippen molar-refractivity contribution in [2.45, 2.75) is 39.7 Å². The van der Waals surface area contributed by atoms with Gasteiger partial charge in [-0.15, -0.1) is 11.3 Å². The lowest BCUT2D eigenvalue weighted by Gasteiger charge is -2.33. The Morgan fingerprint density at radius 2 is 2.07 bits per heavy atom. The molecule has 4 rings (SSSR count). The molecule has 0 radical (unpaired) electrons. The molecule has 1 aliphatic heterocycles. The number of hydrogen-bond donors (Lipinski definition) is 1. The number of hydrogen-bond acceptors (Lipinski definition) is 7. The second kappa shape index (κ2) is 8.61. The Hall–Kier alpha value is -2.65. The van der Waals surface area contributed by atoms with E-state index in [0.717, 1.165) is 31.6 Å². The van der Waals surface area contributed by atoms with Crippen molar-refractivity contribution in [2.75, 3.05) is 18.4 Å². The molecule has 0 bridgehead atoms. The maximum Gasteiger partial charge on any atom is 0.244 e. The predicted molar refractivity (Wildman–Crippen MR) is 113 cm³/mol. The predicted octanol–water partition coefficient (Wildman–Crippen LogP) is 4.36. The smallest absolute Gasteiger partial charge is 0.244 e. The number of aromatic nitrogens is 3. The first-order valence-corrected chi connectivity index (χ1v) is 10.9. The Bertz CT molecular complexity index is 1040. The summed E-state index contributed by atoms with van der Waals surface area (Å²) in [6.45, 7) is 7.14. The quantitative estimate of drug-likeness (QED) is 0.649. The minimum atomic E-state index is -0.292. The van der Waals surface area contributed by atoms with Crippen molar-refractivity contribution in [3.05, 3.63) is 46.5 Å². The van der Waals surface area contributed by atoms with Crippen LogP contribution in [0.3, 0.4) is 0 Å². The van der Waals surface area contributed by atoms with E-state index >= 15 is 0 Å². The van der Waals surface area contributed by atoms with E-state index in [1.54, 1.807) is 19.1 Å². The van der Waals surface area contributed by atoms with E-state index < -0.39 is 0 Å². The fourth-order valence-corrected chi connectivity index (χ4v) is 4.27. The average Bonchev–Trinajstić information content (AvgIpc) is 3.39. The number of nitrogens with zero attached hydrogens (tertiary/aromatic N) is 4. The van der Waals surface area contributed by atoms with Crippen LogP contribution in [0.4, 0.5) is 9.52 Å². The number of halogens is 1. The molecule has 9 heteroatoms. The summed E-state index contributed by atoms with van der Waals surface area (Å²) in [5.41, 5.74) is 2.08. The van der Waals surface area contributed by atoms with Gasteiger partial charge in [-0.3, -0.25) is 9.69 Å². The number of thiazole rings is 1. The van der Waals surface area contributed by atoms with Crippen molar-refractivity contribution in [1.29, 1.82) is 0 Å². The van der Waals surface area contributed by atoms with Crippen LogP contribution in [-0.2, 0) is 4.79 Å². The molecule has 1 unspecified atom stereocenters. The highest BCUT2D eigenvalue weighted by Gasteiger charge is 2.30. The lowest BCUT2D eigenvalue weighted by atomic mass is 9.95. The summed E-state index contributed by atoms with van der Waals surface area (Å²) in [7, 11) is 0. The lowest BCUT2D eigenvalue weighted by Crippen LogP contribution is -2.39. The van der Waals surface area contributed by atoms with Gasteiger partial charge >= 0.3 is 0 Å². The molecule has 1 fully saturated rings. The molecule has 2 aromatic heterocycles. The topological polar surface area (TPSA) is 84.2 Å². The monoisotopic (exact) mass is 429 g/mol. The van der Waals surface area contributed by atoms with Crippen LogP contribution < -0.4 is 5.32 Å². The number of anilines is 1. The zero-order valence-corrected chi connectivity index (χ0v) is 18.0. The summed E-state index contributed by atoms with van der Waals surface area (Å²) in [6.07, 6.45) is 1.51. The van der Waals surface area contributed by atoms with E-state index in [0.29, 0.717) is 28.0 Å². The first kappa shape index (κ1) is 20.6. The fraction of sp³-hybridized carbons (Fsp3) is 0.429. The van der Waals surface area contributed by atoms with Crippen LogP contribution >= 0.6 is 11.3 Å². The number of aryl methyl sites for hydroxylation is 2. The van der Waals surface area contributed by atoms with Crippen molar-refractivity contribution in [2.24, 2.45) is 5.92 Å². The summed E-state index contributed by atoms with van der Waals surface area (Å²) in [6, 6.07) is 4.83. The average molecular weight is 430 g/mol. The maximum absolute atomic E-state index is 13.8. The summed E-state index contributed by atoms with van der Waals surface area (Å²) in [5.74, 6) is 0.570. The number of carbonyl (C=O) groups is 1. The van der Waals surface area contributed by atoms with Gasteiger partial charge in [0.25, 0.3) is 0 Å². The summed E-state index contributed by atoms with van der Waals surface area (Å²) >= 11 is 1.44. The van der Waals surface area contributed by atoms with E-state index in [1.165, 1.54) is 17.4 Å². The minimum absolute atomic E-state index is 0.0260. The molecule has 30 heavy (non-hydrogen) atoms. The molecule has 158 valence electrons. The summed E-state index contributed by atoms with van der Waals surface area (Å²) < 4.78 is 19.3. The van der Waals surface area contributed by atoms with Gasteiger partial charge in [0.1, 0.15) is 5.82 Å². The highest BCUT2D eigenvalue weighted by Crippen LogP contribution is 2.28. The second-order valence-electron chi connectivity index (χ2n) is 7.69. The molecule has 1 N–H and O–H groups in total. The zero-order valence-electron chi connectivity index (χ0n) is 17.2. The van der Waals surface area contributed by atoms with Gasteiger partial charge in [0.15, 0.2) is 5.13 Å². The van der Waals surface area contributed by atoms with Crippen LogP contribution in [0.2, 0.25) is 0 Å². The number of nitrogens with one attached hydrogen (secondary N) is 1. The molecule has 3 aromatic rings. The van der Waals surface area contributed by atoms with Gasteiger partial charge in [-0.05, 0) is 58.3 Å². The van der Waals surface area contributed by atoms with Gasteiger partial charge < -0.3 is 9.84 Å². The van der Waals surface area contributed by atoms with Gasteiger partial charge in [-0.25, -0.2) is 9.37 Å². The van der Waals surface area contributed by atoms with Gasteiger partial charge in [0.05, 0.1) is 11.7 Å². The van der Waals surface area contributed by atoms with Crippen molar-refractivity contribution in [3.63, 3.8) is 0 Å².